The fourth-order valence-corrected chi connectivity index (χ4v) is 4.14. The lowest BCUT2D eigenvalue weighted by atomic mass is 9.84. The molecule has 0 amide bonds. The monoisotopic (exact) mass is 223 g/mol. The zero-order valence-corrected chi connectivity index (χ0v) is 11.3. The Morgan fingerprint density at radius 1 is 1.19 bits per heavy atom. The Morgan fingerprint density at radius 2 is 2.00 bits per heavy atom. The van der Waals surface area contributed by atoms with Crippen LogP contribution in [0.2, 0.25) is 0 Å². The highest BCUT2D eigenvalue weighted by Crippen LogP contribution is 2.50. The largest absolute Gasteiger partial charge is 0.317 e. The van der Waals surface area contributed by atoms with Crippen LogP contribution in [0.5, 0.6) is 0 Å². The van der Waals surface area contributed by atoms with Gasteiger partial charge in [0.25, 0.3) is 0 Å². The van der Waals surface area contributed by atoms with E-state index in [1.807, 2.05) is 0 Å². The summed E-state index contributed by atoms with van der Waals surface area (Å²) in [6.45, 7) is 4.66. The Hall–Kier alpha value is -0.0400. The predicted octanol–water partition coefficient (Wildman–Crippen LogP) is 3.84. The van der Waals surface area contributed by atoms with Crippen molar-refractivity contribution < 1.29 is 0 Å². The van der Waals surface area contributed by atoms with Gasteiger partial charge in [0, 0.05) is 6.04 Å². The number of hydrogen-bond acceptors (Lipinski definition) is 1. The molecule has 0 saturated heterocycles. The first-order chi connectivity index (χ1) is 7.70. The Kier molecular flexibility index (Phi) is 4.29. The summed E-state index contributed by atoms with van der Waals surface area (Å²) in [5.41, 5.74) is 0. The molecule has 4 atom stereocenters. The molecule has 16 heavy (non-hydrogen) atoms. The second-order valence-corrected chi connectivity index (χ2v) is 6.51. The highest BCUT2D eigenvalue weighted by atomic mass is 14.9. The van der Waals surface area contributed by atoms with Crippen molar-refractivity contribution in [2.75, 3.05) is 7.05 Å². The van der Waals surface area contributed by atoms with E-state index in [1.165, 1.54) is 19.3 Å². The molecule has 94 valence electrons. The van der Waals surface area contributed by atoms with E-state index in [1.54, 1.807) is 25.7 Å². The fraction of sp³-hybridized carbons (Fsp3) is 1.00. The Labute approximate surface area is 101 Å². The van der Waals surface area contributed by atoms with Gasteiger partial charge in [-0.05, 0) is 56.4 Å². The summed E-state index contributed by atoms with van der Waals surface area (Å²) in [7, 11) is 2.11. The minimum Gasteiger partial charge on any atom is -0.317 e. The SMILES string of the molecule is CNC(CCCC1CC2CCC1C2)C(C)C. The van der Waals surface area contributed by atoms with Crippen molar-refractivity contribution in [3.8, 4) is 0 Å². The maximum Gasteiger partial charge on any atom is 0.00870 e. The molecule has 0 aromatic heterocycles. The third-order valence-corrected chi connectivity index (χ3v) is 5.15. The van der Waals surface area contributed by atoms with Gasteiger partial charge in [0.05, 0.1) is 0 Å². The van der Waals surface area contributed by atoms with Crippen LogP contribution in [-0.4, -0.2) is 13.1 Å². The van der Waals surface area contributed by atoms with Gasteiger partial charge in [0.2, 0.25) is 0 Å². The van der Waals surface area contributed by atoms with Crippen LogP contribution in [0.4, 0.5) is 0 Å². The smallest absolute Gasteiger partial charge is 0.00870 e. The second-order valence-electron chi connectivity index (χ2n) is 6.51. The summed E-state index contributed by atoms with van der Waals surface area (Å²) >= 11 is 0. The van der Waals surface area contributed by atoms with Gasteiger partial charge in [-0.1, -0.05) is 33.1 Å². The predicted molar refractivity (Wildman–Crippen MR) is 70.5 cm³/mol. The topological polar surface area (TPSA) is 12.0 Å². The molecule has 0 aliphatic heterocycles. The minimum absolute atomic E-state index is 0.735. The van der Waals surface area contributed by atoms with E-state index in [0.29, 0.717) is 0 Å². The first-order valence-electron chi connectivity index (χ1n) is 7.38. The minimum atomic E-state index is 0.735. The Morgan fingerprint density at radius 3 is 2.50 bits per heavy atom. The quantitative estimate of drug-likeness (QED) is 0.721. The van der Waals surface area contributed by atoms with Gasteiger partial charge in [0.15, 0.2) is 0 Å². The van der Waals surface area contributed by atoms with Crippen LogP contribution in [0.1, 0.15) is 58.8 Å². The van der Waals surface area contributed by atoms with E-state index in [4.69, 9.17) is 0 Å². The van der Waals surface area contributed by atoms with Crippen molar-refractivity contribution in [3.05, 3.63) is 0 Å². The average molecular weight is 223 g/mol. The van der Waals surface area contributed by atoms with Crippen molar-refractivity contribution >= 4 is 0 Å². The van der Waals surface area contributed by atoms with Gasteiger partial charge < -0.3 is 5.32 Å². The lowest BCUT2D eigenvalue weighted by Gasteiger charge is -2.24. The number of nitrogens with one attached hydrogen (secondary N) is 1. The van der Waals surface area contributed by atoms with Crippen molar-refractivity contribution in [3.63, 3.8) is 0 Å². The molecule has 0 heterocycles. The molecule has 1 nitrogen and oxygen atoms in total. The van der Waals surface area contributed by atoms with Crippen molar-refractivity contribution in [1.82, 2.24) is 5.32 Å². The number of fused-ring (bicyclic) bond motifs is 2. The maximum atomic E-state index is 3.46. The molecule has 2 saturated carbocycles. The van der Waals surface area contributed by atoms with E-state index in [0.717, 1.165) is 29.7 Å². The summed E-state index contributed by atoms with van der Waals surface area (Å²) in [5.74, 6) is 4.13. The van der Waals surface area contributed by atoms with Crippen molar-refractivity contribution in [1.29, 1.82) is 0 Å². The molecule has 2 aliphatic carbocycles. The highest BCUT2D eigenvalue weighted by molar-refractivity contribution is 4.89. The maximum absolute atomic E-state index is 3.46. The van der Waals surface area contributed by atoms with Crippen LogP contribution in [0.15, 0.2) is 0 Å². The van der Waals surface area contributed by atoms with Crippen LogP contribution in [0, 0.1) is 23.7 Å². The third-order valence-electron chi connectivity index (χ3n) is 5.15. The molecule has 1 N–H and O–H groups in total. The highest BCUT2D eigenvalue weighted by Gasteiger charge is 2.38. The van der Waals surface area contributed by atoms with Gasteiger partial charge >= 0.3 is 0 Å². The molecular formula is C15H29N. The summed E-state index contributed by atoms with van der Waals surface area (Å²) in [6, 6.07) is 0.735. The molecule has 2 aliphatic rings. The van der Waals surface area contributed by atoms with Gasteiger partial charge in [-0.2, -0.15) is 0 Å². The molecule has 2 bridgehead atoms. The number of hydrogen-bond donors (Lipinski definition) is 1. The normalized spacial score (nSPS) is 34.9. The van der Waals surface area contributed by atoms with Gasteiger partial charge in [0.1, 0.15) is 0 Å². The molecule has 0 aromatic rings. The Balaban J connectivity index is 1.64. The zero-order valence-electron chi connectivity index (χ0n) is 11.3. The average Bonchev–Trinajstić information content (AvgIpc) is 2.85. The van der Waals surface area contributed by atoms with Crippen LogP contribution in [-0.2, 0) is 0 Å². The molecule has 4 unspecified atom stereocenters. The van der Waals surface area contributed by atoms with E-state index < -0.39 is 0 Å². The first kappa shape index (κ1) is 12.4. The van der Waals surface area contributed by atoms with Crippen LogP contribution < -0.4 is 5.32 Å². The number of rotatable bonds is 6. The van der Waals surface area contributed by atoms with Crippen molar-refractivity contribution in [2.45, 2.75) is 64.8 Å². The van der Waals surface area contributed by atoms with Crippen molar-refractivity contribution in [2.24, 2.45) is 23.7 Å². The Bertz CT molecular complexity index is 211. The first-order valence-corrected chi connectivity index (χ1v) is 7.38. The standard InChI is InChI=1S/C15H29N/c1-11(2)15(16-3)6-4-5-13-9-12-7-8-14(13)10-12/h11-16H,4-10H2,1-3H3. The van der Waals surface area contributed by atoms with Crippen LogP contribution in [0.3, 0.4) is 0 Å². The molecule has 0 spiro atoms. The molecule has 2 rings (SSSR count). The lowest BCUT2D eigenvalue weighted by molar-refractivity contribution is 0.292. The van der Waals surface area contributed by atoms with E-state index >= 15 is 0 Å². The third kappa shape index (κ3) is 2.80. The van der Waals surface area contributed by atoms with Crippen LogP contribution in [0.25, 0.3) is 0 Å². The van der Waals surface area contributed by atoms with E-state index in [2.05, 4.69) is 26.2 Å². The molecule has 1 heteroatoms. The molecule has 2 fully saturated rings. The zero-order chi connectivity index (χ0) is 11.5. The van der Waals surface area contributed by atoms with Gasteiger partial charge in [-0.25, -0.2) is 0 Å². The van der Waals surface area contributed by atoms with E-state index in [9.17, 15) is 0 Å². The summed E-state index contributed by atoms with van der Waals surface area (Å²) in [6.07, 6.45) is 10.6. The lowest BCUT2D eigenvalue weighted by Crippen LogP contribution is -2.30. The van der Waals surface area contributed by atoms with Crippen LogP contribution >= 0.6 is 0 Å². The summed E-state index contributed by atoms with van der Waals surface area (Å²) in [4.78, 5) is 0. The van der Waals surface area contributed by atoms with E-state index in [-0.39, 0.29) is 0 Å². The molecular weight excluding hydrogens is 194 g/mol. The fourth-order valence-electron chi connectivity index (χ4n) is 4.14. The molecule has 0 radical (unpaired) electrons. The van der Waals surface area contributed by atoms with Gasteiger partial charge in [-0.3, -0.25) is 0 Å². The summed E-state index contributed by atoms with van der Waals surface area (Å²) in [5, 5.41) is 3.46. The van der Waals surface area contributed by atoms with Gasteiger partial charge in [-0.15, -0.1) is 0 Å². The molecule has 0 aromatic carbocycles. The summed E-state index contributed by atoms with van der Waals surface area (Å²) < 4.78 is 0. The second kappa shape index (κ2) is 5.53.